The molecule has 8 nitrogen and oxygen atoms in total. The monoisotopic (exact) mass is 599 g/mol. The van der Waals surface area contributed by atoms with Gasteiger partial charge in [0, 0.05) is 24.0 Å². The number of nitrogens with one attached hydrogen (secondary N) is 1. The molecule has 3 rings (SSSR count). The van der Waals surface area contributed by atoms with Crippen molar-refractivity contribution >= 4 is 39.1 Å². The van der Waals surface area contributed by atoms with E-state index in [1.54, 1.807) is 42.5 Å². The number of anilines is 1. The fraction of sp³-hybridized carbons (Fsp3) is 0.355. The van der Waals surface area contributed by atoms with Crippen LogP contribution in [0.3, 0.4) is 0 Å². The van der Waals surface area contributed by atoms with Gasteiger partial charge in [-0.1, -0.05) is 67.1 Å². The molecule has 0 heterocycles. The van der Waals surface area contributed by atoms with Crippen LogP contribution < -0.4 is 14.4 Å². The van der Waals surface area contributed by atoms with Gasteiger partial charge in [0.1, 0.15) is 18.3 Å². The number of methoxy groups -OCH3 is 1. The first-order valence-corrected chi connectivity index (χ1v) is 15.7. The molecule has 0 aliphatic heterocycles. The van der Waals surface area contributed by atoms with E-state index < -0.39 is 28.5 Å². The van der Waals surface area contributed by atoms with Crippen molar-refractivity contribution in [2.75, 3.05) is 24.2 Å². The van der Waals surface area contributed by atoms with Gasteiger partial charge in [-0.15, -0.1) is 0 Å². The third kappa shape index (κ3) is 8.96. The van der Waals surface area contributed by atoms with Crippen molar-refractivity contribution in [3.63, 3.8) is 0 Å². The van der Waals surface area contributed by atoms with Gasteiger partial charge in [-0.05, 0) is 61.2 Å². The summed E-state index contributed by atoms with van der Waals surface area (Å²) in [6.07, 6.45) is 2.00. The lowest BCUT2D eigenvalue weighted by Crippen LogP contribution is -2.54. The molecular formula is C31H38ClN3O5S. The molecule has 0 aliphatic carbocycles. The fourth-order valence-electron chi connectivity index (χ4n) is 4.37. The third-order valence-electron chi connectivity index (χ3n) is 6.82. The average molecular weight is 600 g/mol. The standard InChI is InChI=1S/C31H38ClN3O5S/c1-6-23(3)33-31(37)28(19-24-10-8-7-9-11-24)34(20-25-13-15-26(32)16-14-25)30(36)21-35(41(5,38)39)27-18-22(2)12-17-29(27)40-4/h7-18,23,28H,6,19-21H2,1-5H3,(H,33,37)/t23-,28+/m1/s1. The van der Waals surface area contributed by atoms with E-state index in [4.69, 9.17) is 16.3 Å². The molecule has 0 saturated heterocycles. The summed E-state index contributed by atoms with van der Waals surface area (Å²) < 4.78 is 32.6. The van der Waals surface area contributed by atoms with E-state index in [-0.39, 0.29) is 30.6 Å². The van der Waals surface area contributed by atoms with Crippen LogP contribution in [0.1, 0.15) is 37.0 Å². The van der Waals surface area contributed by atoms with Crippen molar-refractivity contribution in [3.8, 4) is 5.75 Å². The maximum atomic E-state index is 14.2. The van der Waals surface area contributed by atoms with E-state index in [1.165, 1.54) is 12.0 Å². The Labute approximate surface area is 248 Å². The molecule has 0 spiro atoms. The first kappa shape index (κ1) is 32.0. The van der Waals surface area contributed by atoms with Crippen molar-refractivity contribution in [2.24, 2.45) is 0 Å². The van der Waals surface area contributed by atoms with Gasteiger partial charge < -0.3 is 15.0 Å². The minimum atomic E-state index is -3.91. The maximum absolute atomic E-state index is 14.2. The number of halogens is 1. The summed E-state index contributed by atoms with van der Waals surface area (Å²) in [7, 11) is -2.47. The minimum Gasteiger partial charge on any atom is -0.495 e. The van der Waals surface area contributed by atoms with E-state index in [1.807, 2.05) is 51.1 Å². The van der Waals surface area contributed by atoms with Crippen molar-refractivity contribution in [1.29, 1.82) is 0 Å². The number of aryl methyl sites for hydroxylation is 1. The second-order valence-corrected chi connectivity index (χ2v) is 12.5. The summed E-state index contributed by atoms with van der Waals surface area (Å²) in [5.74, 6) is -0.535. The number of ether oxygens (including phenoxy) is 1. The van der Waals surface area contributed by atoms with E-state index in [9.17, 15) is 18.0 Å². The van der Waals surface area contributed by atoms with E-state index >= 15 is 0 Å². The third-order valence-corrected chi connectivity index (χ3v) is 8.20. The molecule has 2 atom stereocenters. The number of amides is 2. The molecule has 0 aromatic heterocycles. The highest BCUT2D eigenvalue weighted by Crippen LogP contribution is 2.31. The molecule has 41 heavy (non-hydrogen) atoms. The van der Waals surface area contributed by atoms with Gasteiger partial charge in [-0.2, -0.15) is 0 Å². The molecule has 0 fully saturated rings. The summed E-state index contributed by atoms with van der Waals surface area (Å²) >= 11 is 6.10. The van der Waals surface area contributed by atoms with Crippen LogP contribution in [0.25, 0.3) is 0 Å². The number of nitrogens with zero attached hydrogens (tertiary/aromatic N) is 2. The number of hydrogen-bond donors (Lipinski definition) is 1. The molecule has 0 aliphatic rings. The number of sulfonamides is 1. The smallest absolute Gasteiger partial charge is 0.244 e. The van der Waals surface area contributed by atoms with Gasteiger partial charge in [-0.3, -0.25) is 13.9 Å². The first-order valence-electron chi connectivity index (χ1n) is 13.4. The highest BCUT2D eigenvalue weighted by molar-refractivity contribution is 7.92. The molecule has 0 saturated carbocycles. The van der Waals surface area contributed by atoms with Crippen molar-refractivity contribution in [2.45, 2.75) is 52.2 Å². The predicted molar refractivity (Wildman–Crippen MR) is 164 cm³/mol. The number of rotatable bonds is 13. The molecule has 3 aromatic carbocycles. The minimum absolute atomic E-state index is 0.0734. The van der Waals surface area contributed by atoms with Crippen LogP contribution in [0.15, 0.2) is 72.8 Å². The molecule has 0 bridgehead atoms. The predicted octanol–water partition coefficient (Wildman–Crippen LogP) is 4.98. The Bertz CT molecular complexity index is 1430. The topological polar surface area (TPSA) is 96.0 Å². The molecule has 10 heteroatoms. The van der Waals surface area contributed by atoms with Crippen LogP contribution in [-0.2, 0) is 32.6 Å². The lowest BCUT2D eigenvalue weighted by Gasteiger charge is -2.34. The summed E-state index contributed by atoms with van der Waals surface area (Å²) in [5.41, 5.74) is 2.66. The van der Waals surface area contributed by atoms with Crippen molar-refractivity contribution < 1.29 is 22.7 Å². The van der Waals surface area contributed by atoms with Crippen LogP contribution in [0.2, 0.25) is 5.02 Å². The zero-order valence-electron chi connectivity index (χ0n) is 24.1. The zero-order valence-corrected chi connectivity index (χ0v) is 25.7. The highest BCUT2D eigenvalue weighted by Gasteiger charge is 2.34. The SMILES string of the molecule is CC[C@@H](C)NC(=O)[C@H](Cc1ccccc1)N(Cc1ccc(Cl)cc1)C(=O)CN(c1cc(C)ccc1OC)S(C)(=O)=O. The number of hydrogen-bond acceptors (Lipinski definition) is 5. The van der Waals surface area contributed by atoms with Gasteiger partial charge in [-0.25, -0.2) is 8.42 Å². The number of carbonyl (C=O) groups excluding carboxylic acids is 2. The molecular weight excluding hydrogens is 562 g/mol. The highest BCUT2D eigenvalue weighted by atomic mass is 35.5. The van der Waals surface area contributed by atoms with Gasteiger partial charge in [0.2, 0.25) is 21.8 Å². The Morgan fingerprint density at radius 1 is 1.00 bits per heavy atom. The van der Waals surface area contributed by atoms with E-state index in [2.05, 4.69) is 5.32 Å². The van der Waals surface area contributed by atoms with Crippen LogP contribution in [0.4, 0.5) is 5.69 Å². The molecule has 3 aromatic rings. The van der Waals surface area contributed by atoms with Crippen LogP contribution in [0, 0.1) is 6.92 Å². The molecule has 0 unspecified atom stereocenters. The van der Waals surface area contributed by atoms with Gasteiger partial charge >= 0.3 is 0 Å². The Kier molecular flexibility index (Phi) is 11.2. The molecule has 220 valence electrons. The first-order chi connectivity index (χ1) is 19.4. The summed E-state index contributed by atoms with van der Waals surface area (Å²) in [6, 6.07) is 20.5. The second kappa shape index (κ2) is 14.4. The maximum Gasteiger partial charge on any atom is 0.244 e. The largest absolute Gasteiger partial charge is 0.495 e. The van der Waals surface area contributed by atoms with Gasteiger partial charge in [0.05, 0.1) is 19.1 Å². The Morgan fingerprint density at radius 3 is 2.24 bits per heavy atom. The van der Waals surface area contributed by atoms with Crippen LogP contribution >= 0.6 is 11.6 Å². The Hall–Kier alpha value is -3.56. The van der Waals surface area contributed by atoms with Crippen molar-refractivity contribution in [3.05, 3.63) is 94.5 Å². The van der Waals surface area contributed by atoms with Crippen LogP contribution in [0.5, 0.6) is 5.75 Å². The summed E-state index contributed by atoms with van der Waals surface area (Å²) in [6.45, 7) is 5.25. The quantitative estimate of drug-likeness (QED) is 0.299. The second-order valence-electron chi connectivity index (χ2n) is 10.1. The number of carbonyl (C=O) groups is 2. The lowest BCUT2D eigenvalue weighted by molar-refractivity contribution is -0.140. The Morgan fingerprint density at radius 2 is 1.66 bits per heavy atom. The lowest BCUT2D eigenvalue weighted by atomic mass is 10.0. The van der Waals surface area contributed by atoms with Crippen molar-refractivity contribution in [1.82, 2.24) is 10.2 Å². The summed E-state index contributed by atoms with van der Waals surface area (Å²) in [5, 5.41) is 3.55. The normalized spacial score (nSPS) is 12.7. The molecule has 1 N–H and O–H groups in total. The average Bonchev–Trinajstić information content (AvgIpc) is 2.94. The Balaban J connectivity index is 2.10. The molecule has 0 radical (unpaired) electrons. The summed E-state index contributed by atoms with van der Waals surface area (Å²) in [4.78, 5) is 29.4. The van der Waals surface area contributed by atoms with Crippen LogP contribution in [-0.4, -0.2) is 57.1 Å². The fourth-order valence-corrected chi connectivity index (χ4v) is 5.34. The van der Waals surface area contributed by atoms with Gasteiger partial charge in [0.25, 0.3) is 0 Å². The van der Waals surface area contributed by atoms with E-state index in [0.29, 0.717) is 17.2 Å². The van der Waals surface area contributed by atoms with E-state index in [0.717, 1.165) is 27.3 Å². The number of benzene rings is 3. The molecule has 2 amide bonds. The zero-order chi connectivity index (χ0) is 30.2. The van der Waals surface area contributed by atoms with Gasteiger partial charge in [0.15, 0.2) is 0 Å².